The lowest BCUT2D eigenvalue weighted by Crippen LogP contribution is -2.43. The van der Waals surface area contributed by atoms with E-state index < -0.39 is 17.5 Å². The van der Waals surface area contributed by atoms with Gasteiger partial charge in [0.2, 0.25) is 5.95 Å². The van der Waals surface area contributed by atoms with Crippen LogP contribution in [0.5, 0.6) is 5.75 Å². The predicted molar refractivity (Wildman–Crippen MR) is 212 cm³/mol. The number of nitrogens with one attached hydrogen (secondary N) is 1. The summed E-state index contributed by atoms with van der Waals surface area (Å²) in [5.74, 6) is 1.36. The lowest BCUT2D eigenvalue weighted by atomic mass is 9.85. The van der Waals surface area contributed by atoms with Gasteiger partial charge in [0.05, 0.1) is 36.8 Å². The second-order valence-corrected chi connectivity index (χ2v) is 16.2. The van der Waals surface area contributed by atoms with Crippen LogP contribution in [-0.2, 0) is 26.3 Å². The molecular formula is C42H50FN9O5. The summed E-state index contributed by atoms with van der Waals surface area (Å²) in [6, 6.07) is 17.5. The highest BCUT2D eigenvalue weighted by Crippen LogP contribution is 2.40. The molecule has 1 aliphatic carbocycles. The minimum Gasteiger partial charge on any atom is -0.484 e. The number of halogens is 1. The summed E-state index contributed by atoms with van der Waals surface area (Å²) < 4.78 is 30.8. The smallest absolute Gasteiger partial charge is 0.357 e. The Hall–Kier alpha value is -5.54. The first-order valence-corrected chi connectivity index (χ1v) is 19.8. The summed E-state index contributed by atoms with van der Waals surface area (Å²) in [5, 5.41) is 17.8. The number of piperidine rings is 1. The molecule has 1 N–H and O–H groups in total. The first kappa shape index (κ1) is 38.3. The van der Waals surface area contributed by atoms with Gasteiger partial charge in [0.1, 0.15) is 17.7 Å². The Morgan fingerprint density at radius 2 is 1.81 bits per heavy atom. The topological polar surface area (TPSA) is 132 Å². The minimum absolute atomic E-state index is 0.196. The van der Waals surface area contributed by atoms with Crippen LogP contribution in [0.1, 0.15) is 94.3 Å². The number of pyridine rings is 1. The molecule has 2 saturated heterocycles. The quantitative estimate of drug-likeness (QED) is 0.119. The number of urea groups is 1. The maximum Gasteiger partial charge on any atom is 0.357 e. The van der Waals surface area contributed by atoms with Crippen molar-refractivity contribution in [3.8, 4) is 11.4 Å². The van der Waals surface area contributed by atoms with Crippen LogP contribution in [0.25, 0.3) is 11.3 Å². The lowest BCUT2D eigenvalue weighted by Gasteiger charge is -2.34. The second kappa shape index (κ2) is 16.1. The predicted octanol–water partition coefficient (Wildman–Crippen LogP) is 6.82. The molecule has 5 aromatic rings. The summed E-state index contributed by atoms with van der Waals surface area (Å²) in [5.41, 5.74) is 3.82. The third-order valence-electron chi connectivity index (χ3n) is 11.2. The molecular weight excluding hydrogens is 730 g/mol. The zero-order chi connectivity index (χ0) is 39.7. The second-order valence-electron chi connectivity index (χ2n) is 16.2. The Balaban J connectivity index is 1.05. The van der Waals surface area contributed by atoms with E-state index in [1.807, 2.05) is 67.8 Å². The van der Waals surface area contributed by atoms with Gasteiger partial charge in [-0.3, -0.25) is 14.1 Å². The zero-order valence-corrected chi connectivity index (χ0v) is 32.9. The molecule has 0 unspecified atom stereocenters. The van der Waals surface area contributed by atoms with Crippen LogP contribution in [0.15, 0.2) is 66.9 Å². The number of benzene rings is 2. The summed E-state index contributed by atoms with van der Waals surface area (Å²) in [7, 11) is 0. The molecule has 0 saturated carbocycles. The highest BCUT2D eigenvalue weighted by Gasteiger charge is 2.34. The van der Waals surface area contributed by atoms with Crippen molar-refractivity contribution in [2.75, 3.05) is 42.8 Å². The molecule has 2 fully saturated rings. The van der Waals surface area contributed by atoms with Crippen molar-refractivity contribution in [2.24, 2.45) is 0 Å². The van der Waals surface area contributed by atoms with E-state index in [1.54, 1.807) is 18.2 Å². The number of ether oxygens (including phenoxy) is 2. The zero-order valence-electron chi connectivity index (χ0n) is 32.9. The summed E-state index contributed by atoms with van der Waals surface area (Å²) in [6.45, 7) is 12.3. The number of hydrogen-bond acceptors (Lipinski definition) is 10. The number of nitrogens with zero attached hydrogens (tertiary/aromatic N) is 8. The largest absolute Gasteiger partial charge is 0.484 e. The maximum atomic E-state index is 15.2. The molecule has 3 aromatic heterocycles. The van der Waals surface area contributed by atoms with E-state index >= 15 is 4.39 Å². The Kier molecular flexibility index (Phi) is 10.9. The standard InChI is InChI=1S/C42H50FN9O5/c1-28-9-7-8-18-49(28)40-46-45-38-17-13-31(26-50(38)40)57-36-16-15-35(32-10-5-6-11-33(32)36)44-41(54)52(56-27-53)39-24-37(42(2,3)4)47-51(39)30-12-14-34(43)29(23-30)25-48-19-21-55-22-20-48/h5-6,10-14,17,23-24,26-28,35-36H,7-9,15-16,18-22,25H2,1-4H3,(H,44,54)/t28-,35-,36+/m0/s1. The van der Waals surface area contributed by atoms with Gasteiger partial charge in [0.15, 0.2) is 11.5 Å². The van der Waals surface area contributed by atoms with Crippen molar-refractivity contribution in [3.05, 3.63) is 95.1 Å². The van der Waals surface area contributed by atoms with Crippen LogP contribution in [0, 0.1) is 5.82 Å². The fourth-order valence-electron chi connectivity index (χ4n) is 8.05. The fraction of sp³-hybridized carbons (Fsp3) is 0.452. The molecule has 57 heavy (non-hydrogen) atoms. The van der Waals surface area contributed by atoms with Crippen LogP contribution in [-0.4, -0.2) is 80.7 Å². The SMILES string of the molecule is C[C@H]1CCCCN1c1nnc2ccc(O[C@@H]3CC[C@H](NC(=O)N(OC=O)c4cc(C(C)(C)C)nn4-c4ccc(F)c(CN5CCOCC5)c4)c4ccccc43)cn12. The van der Waals surface area contributed by atoms with Gasteiger partial charge >= 0.3 is 12.5 Å². The number of hydrogen-bond donors (Lipinski definition) is 1. The molecule has 3 aliphatic rings. The van der Waals surface area contributed by atoms with Gasteiger partial charge in [0, 0.05) is 49.3 Å². The van der Waals surface area contributed by atoms with Gasteiger partial charge < -0.3 is 24.5 Å². The van der Waals surface area contributed by atoms with E-state index in [9.17, 15) is 9.59 Å². The Morgan fingerprint density at radius 1 is 1.00 bits per heavy atom. The van der Waals surface area contributed by atoms with Crippen molar-refractivity contribution < 1.29 is 28.3 Å². The molecule has 5 heterocycles. The van der Waals surface area contributed by atoms with E-state index in [0.717, 1.165) is 47.2 Å². The summed E-state index contributed by atoms with van der Waals surface area (Å²) in [6.07, 6.45) is 6.31. The third kappa shape index (κ3) is 8.03. The third-order valence-corrected chi connectivity index (χ3v) is 11.2. The van der Waals surface area contributed by atoms with Crippen LogP contribution in [0.4, 0.5) is 21.0 Å². The number of carbonyl (C=O) groups is 2. The fourth-order valence-corrected chi connectivity index (χ4v) is 8.05. The van der Waals surface area contributed by atoms with Gasteiger partial charge in [0.25, 0.3) is 0 Å². The molecule has 8 rings (SSSR count). The lowest BCUT2D eigenvalue weighted by molar-refractivity contribution is -0.129. The van der Waals surface area contributed by atoms with Gasteiger partial charge in [-0.05, 0) is 80.5 Å². The first-order valence-electron chi connectivity index (χ1n) is 19.8. The number of aromatic nitrogens is 5. The van der Waals surface area contributed by atoms with E-state index in [2.05, 4.69) is 32.2 Å². The van der Waals surface area contributed by atoms with Gasteiger partial charge in [-0.15, -0.1) is 15.3 Å². The van der Waals surface area contributed by atoms with Gasteiger partial charge in [-0.25, -0.2) is 13.9 Å². The van der Waals surface area contributed by atoms with Crippen LogP contribution in [0.3, 0.4) is 0 Å². The van der Waals surface area contributed by atoms with E-state index in [-0.39, 0.29) is 24.2 Å². The number of fused-ring (bicyclic) bond motifs is 2. The molecule has 0 radical (unpaired) electrons. The molecule has 3 atom stereocenters. The Bertz CT molecular complexity index is 2230. The number of hydroxylamine groups is 1. The first-order chi connectivity index (χ1) is 27.6. The van der Waals surface area contributed by atoms with Crippen LogP contribution < -0.4 is 20.0 Å². The molecule has 15 heteroatoms. The molecule has 2 amide bonds. The average molecular weight is 780 g/mol. The molecule has 300 valence electrons. The number of anilines is 2. The van der Waals surface area contributed by atoms with Crippen molar-refractivity contribution in [3.63, 3.8) is 0 Å². The van der Waals surface area contributed by atoms with Crippen LogP contribution >= 0.6 is 0 Å². The normalized spacial score (nSPS) is 20.2. The molecule has 0 spiro atoms. The highest BCUT2D eigenvalue weighted by atomic mass is 19.1. The van der Waals surface area contributed by atoms with Crippen molar-refractivity contribution in [1.29, 1.82) is 0 Å². The van der Waals surface area contributed by atoms with E-state index in [1.165, 1.54) is 17.2 Å². The summed E-state index contributed by atoms with van der Waals surface area (Å²) >= 11 is 0. The minimum atomic E-state index is -0.656. The van der Waals surface area contributed by atoms with E-state index in [4.69, 9.17) is 19.4 Å². The van der Waals surface area contributed by atoms with Crippen molar-refractivity contribution in [1.82, 2.24) is 34.6 Å². The molecule has 2 aliphatic heterocycles. The molecule has 2 aromatic carbocycles. The number of morpholine rings is 1. The monoisotopic (exact) mass is 779 g/mol. The number of amides is 2. The van der Waals surface area contributed by atoms with Crippen LogP contribution in [0.2, 0.25) is 0 Å². The number of rotatable bonds is 10. The Labute approximate surface area is 331 Å². The maximum absolute atomic E-state index is 15.2. The van der Waals surface area contributed by atoms with Gasteiger partial charge in [-0.1, -0.05) is 45.0 Å². The van der Waals surface area contributed by atoms with Crippen molar-refractivity contribution >= 4 is 29.9 Å². The van der Waals surface area contributed by atoms with Crippen molar-refractivity contribution in [2.45, 2.75) is 89.9 Å². The van der Waals surface area contributed by atoms with Gasteiger partial charge in [-0.2, -0.15) is 5.10 Å². The summed E-state index contributed by atoms with van der Waals surface area (Å²) in [4.78, 5) is 36.1. The molecule has 14 nitrogen and oxygen atoms in total. The highest BCUT2D eigenvalue weighted by molar-refractivity contribution is 5.90. The number of carbonyl (C=O) groups excluding carboxylic acids is 2. The van der Waals surface area contributed by atoms with E-state index in [0.29, 0.717) is 74.4 Å². The average Bonchev–Trinajstić information content (AvgIpc) is 3.85. The molecule has 0 bridgehead atoms. The Morgan fingerprint density at radius 3 is 2.58 bits per heavy atom.